The van der Waals surface area contributed by atoms with Crippen LogP contribution in [0.4, 0.5) is 0 Å². The first kappa shape index (κ1) is 130. The zero-order chi connectivity index (χ0) is 89.5. The maximum absolute atomic E-state index is 10.2. The van der Waals surface area contributed by atoms with E-state index in [9.17, 15) is 4.79 Å². The topological polar surface area (TPSA) is 98.0 Å². The van der Waals surface area contributed by atoms with E-state index in [4.69, 9.17) is 20.4 Å². The summed E-state index contributed by atoms with van der Waals surface area (Å²) < 4.78 is 0. The third-order valence-corrected chi connectivity index (χ3v) is 26.8. The number of hydrogen-bond acceptors (Lipinski definition) is 4. The first-order chi connectivity index (χ1) is 60.3. The Morgan fingerprint density at radius 2 is 0.320 bits per heavy atom. The van der Waals surface area contributed by atoms with Gasteiger partial charge in [-0.15, -0.1) is 6.58 Å². The SMILES string of the molecule is C=CCCCCCCCCC(=O)O.CCCCC(C)CC.CCCCCCCCCCCCCCCCCCCCCCCCCCCCCCCCCCCCCO.CCCCCCCCCCCCCCCCCCCCCCCCCCCCCCCCO.CCCCCCCCCCCCCCCCCCCCCCCCCCCCCO. The van der Waals surface area contributed by atoms with Gasteiger partial charge in [-0.1, -0.05) is 670 Å². The quantitative estimate of drug-likeness (QED) is 0.0359. The van der Waals surface area contributed by atoms with Crippen molar-refractivity contribution in [2.45, 2.75) is 709 Å². The van der Waals surface area contributed by atoms with Gasteiger partial charge < -0.3 is 20.4 Å². The fraction of sp³-hybridized carbons (Fsp3) is 0.974. The van der Waals surface area contributed by atoms with Gasteiger partial charge in [0.1, 0.15) is 0 Å². The van der Waals surface area contributed by atoms with E-state index in [1.165, 1.54) is 623 Å². The minimum atomic E-state index is -0.674. The normalized spacial score (nSPS) is 11.5. The van der Waals surface area contributed by atoms with Crippen LogP contribution in [0.25, 0.3) is 0 Å². The van der Waals surface area contributed by atoms with E-state index < -0.39 is 5.97 Å². The lowest BCUT2D eigenvalue weighted by Crippen LogP contribution is -1.93. The smallest absolute Gasteiger partial charge is 0.303 e. The molecule has 0 aromatic rings. The second-order valence-corrected chi connectivity index (χ2v) is 39.6. The summed E-state index contributed by atoms with van der Waals surface area (Å²) in [7, 11) is 0. The van der Waals surface area contributed by atoms with Crippen LogP contribution < -0.4 is 0 Å². The van der Waals surface area contributed by atoms with Crippen LogP contribution in [0.1, 0.15) is 709 Å². The van der Waals surface area contributed by atoms with E-state index in [2.05, 4.69) is 48.1 Å². The summed E-state index contributed by atoms with van der Waals surface area (Å²) in [5.41, 5.74) is 0. The molecule has 122 heavy (non-hydrogen) atoms. The van der Waals surface area contributed by atoms with E-state index >= 15 is 0 Å². The van der Waals surface area contributed by atoms with Crippen LogP contribution in [-0.2, 0) is 4.79 Å². The standard InChI is InChI=1S/C37H76O.C32H66O.C29H60O.C11H20O2.C8H18/c1-2-3-4-5-6-7-8-9-10-11-12-13-14-15-16-17-18-19-20-21-22-23-24-25-26-27-28-29-30-31-32-33-34-35-36-37-38;1-2-3-4-5-6-7-8-9-10-11-12-13-14-15-16-17-18-19-20-21-22-23-24-25-26-27-28-29-30-31-32-33;1-2-3-4-5-6-7-8-9-10-11-12-13-14-15-16-17-18-19-20-21-22-23-24-25-26-27-28-29-30;1-2-3-4-5-6-7-8-9-10-11(12)13;1-4-6-7-8(3)5-2/h38H,2-37H2,1H3;33H,2-32H2,1H3;30H,2-29H2,1H3;2H,1,3-10H2,(H,12,13);8H,4-7H2,1-3H3. The Morgan fingerprint density at radius 1 is 0.197 bits per heavy atom. The summed E-state index contributed by atoms with van der Waals surface area (Å²) in [5.74, 6) is 0.279. The molecule has 0 fully saturated rings. The van der Waals surface area contributed by atoms with Crippen molar-refractivity contribution in [1.29, 1.82) is 0 Å². The fourth-order valence-electron chi connectivity index (χ4n) is 17.8. The maximum Gasteiger partial charge on any atom is 0.303 e. The molecule has 0 aliphatic heterocycles. The zero-order valence-corrected chi connectivity index (χ0v) is 86.2. The molecule has 0 aromatic heterocycles. The molecule has 0 spiro atoms. The number of carbonyl (C=O) groups is 1. The first-order valence-corrected chi connectivity index (χ1v) is 58.0. The highest BCUT2D eigenvalue weighted by atomic mass is 16.4. The highest BCUT2D eigenvalue weighted by molar-refractivity contribution is 5.66. The first-order valence-electron chi connectivity index (χ1n) is 58.0. The molecule has 0 saturated carbocycles. The average Bonchev–Trinajstić information content (AvgIpc) is 1.62. The van der Waals surface area contributed by atoms with Crippen molar-refractivity contribution in [2.24, 2.45) is 5.92 Å². The minimum Gasteiger partial charge on any atom is -0.481 e. The van der Waals surface area contributed by atoms with E-state index in [0.717, 1.165) is 44.4 Å². The molecule has 0 radical (unpaired) electrons. The monoisotopic (exact) mass is 1730 g/mol. The van der Waals surface area contributed by atoms with Crippen LogP contribution >= 0.6 is 0 Å². The van der Waals surface area contributed by atoms with E-state index in [-0.39, 0.29) is 0 Å². The molecular weight excluding hydrogens is 1490 g/mol. The zero-order valence-electron chi connectivity index (χ0n) is 86.2. The van der Waals surface area contributed by atoms with Crippen LogP contribution in [0.2, 0.25) is 0 Å². The predicted octanol–water partition coefficient (Wildman–Crippen LogP) is 42.5. The van der Waals surface area contributed by atoms with Gasteiger partial charge in [0.05, 0.1) is 0 Å². The van der Waals surface area contributed by atoms with Crippen molar-refractivity contribution < 1.29 is 25.2 Å². The van der Waals surface area contributed by atoms with Crippen LogP contribution in [0, 0.1) is 5.92 Å². The van der Waals surface area contributed by atoms with Gasteiger partial charge in [-0.25, -0.2) is 0 Å². The Kier molecular flexibility index (Phi) is 141. The number of hydrogen-bond donors (Lipinski definition) is 4. The molecule has 0 bridgehead atoms. The Balaban J connectivity index is -0.000000502. The molecular formula is C117H240O5. The Hall–Kier alpha value is -0.910. The van der Waals surface area contributed by atoms with Crippen molar-refractivity contribution in [3.63, 3.8) is 0 Å². The molecule has 1 atom stereocenters. The molecule has 4 N–H and O–H groups in total. The molecule has 5 nitrogen and oxygen atoms in total. The Bertz CT molecular complexity index is 1570. The minimum absolute atomic E-state index is 0.326. The number of unbranched alkanes of at least 4 members (excludes halogenated alkanes) is 96. The van der Waals surface area contributed by atoms with Crippen LogP contribution in [0.3, 0.4) is 0 Å². The summed E-state index contributed by atoms with van der Waals surface area (Å²) in [6.45, 7) is 18.5. The Morgan fingerprint density at radius 3 is 0.434 bits per heavy atom. The number of carboxylic acid groups (broad SMARTS) is 1. The van der Waals surface area contributed by atoms with Crippen LogP contribution in [0.15, 0.2) is 12.7 Å². The summed E-state index contributed by atoms with van der Waals surface area (Å²) in [5, 5.41) is 34.7. The van der Waals surface area contributed by atoms with Crippen molar-refractivity contribution in [2.75, 3.05) is 19.8 Å². The molecule has 0 aliphatic rings. The number of aliphatic hydroxyl groups excluding tert-OH is 3. The van der Waals surface area contributed by atoms with Crippen molar-refractivity contribution in [3.8, 4) is 0 Å². The molecule has 0 aromatic carbocycles. The van der Waals surface area contributed by atoms with Gasteiger partial charge >= 0.3 is 5.97 Å². The molecule has 0 aliphatic carbocycles. The van der Waals surface area contributed by atoms with Gasteiger partial charge in [-0.2, -0.15) is 0 Å². The summed E-state index contributed by atoms with van der Waals surface area (Å²) in [6, 6.07) is 0. The highest BCUT2D eigenvalue weighted by Gasteiger charge is 2.05. The fourth-order valence-corrected chi connectivity index (χ4v) is 17.8. The molecule has 0 heterocycles. The average molecular weight is 1730 g/mol. The highest BCUT2D eigenvalue weighted by Crippen LogP contribution is 2.23. The lowest BCUT2D eigenvalue weighted by Gasteiger charge is -2.05. The third kappa shape index (κ3) is 145. The van der Waals surface area contributed by atoms with Gasteiger partial charge in [0, 0.05) is 26.2 Å². The number of allylic oxidation sites excluding steroid dienone is 1. The molecule has 738 valence electrons. The number of aliphatic hydroxyl groups is 3. The summed E-state index contributed by atoms with van der Waals surface area (Å²) in [6.07, 6.45) is 148. The van der Waals surface area contributed by atoms with Crippen molar-refractivity contribution in [1.82, 2.24) is 0 Å². The van der Waals surface area contributed by atoms with Crippen LogP contribution in [-0.4, -0.2) is 46.2 Å². The number of carboxylic acids is 1. The Labute approximate surface area is 774 Å². The number of rotatable bonds is 105. The molecule has 0 rings (SSSR count). The van der Waals surface area contributed by atoms with Gasteiger partial charge in [-0.3, -0.25) is 4.79 Å². The van der Waals surface area contributed by atoms with Gasteiger partial charge in [0.2, 0.25) is 0 Å². The van der Waals surface area contributed by atoms with Gasteiger partial charge in [-0.05, 0) is 44.4 Å². The maximum atomic E-state index is 10.2. The molecule has 5 heteroatoms. The number of aliphatic carboxylic acids is 1. The van der Waals surface area contributed by atoms with Crippen LogP contribution in [0.5, 0.6) is 0 Å². The molecule has 0 saturated heterocycles. The van der Waals surface area contributed by atoms with Gasteiger partial charge in [0.25, 0.3) is 0 Å². The second kappa shape index (κ2) is 133. The lowest BCUT2D eigenvalue weighted by molar-refractivity contribution is -0.137. The van der Waals surface area contributed by atoms with E-state index in [1.807, 2.05) is 6.08 Å². The van der Waals surface area contributed by atoms with E-state index in [0.29, 0.717) is 26.2 Å². The summed E-state index contributed by atoms with van der Waals surface area (Å²) in [4.78, 5) is 10.2. The summed E-state index contributed by atoms with van der Waals surface area (Å²) >= 11 is 0. The predicted molar refractivity (Wildman–Crippen MR) is 557 cm³/mol. The second-order valence-electron chi connectivity index (χ2n) is 39.6. The lowest BCUT2D eigenvalue weighted by atomic mass is 10.0. The van der Waals surface area contributed by atoms with Crippen molar-refractivity contribution in [3.05, 3.63) is 12.7 Å². The van der Waals surface area contributed by atoms with E-state index in [1.54, 1.807) is 0 Å². The third-order valence-electron chi connectivity index (χ3n) is 26.8. The van der Waals surface area contributed by atoms with Crippen molar-refractivity contribution >= 4 is 5.97 Å². The molecule has 1 unspecified atom stereocenters. The largest absolute Gasteiger partial charge is 0.481 e. The molecule has 0 amide bonds. The van der Waals surface area contributed by atoms with Gasteiger partial charge in [0.15, 0.2) is 0 Å².